The van der Waals surface area contributed by atoms with E-state index in [4.69, 9.17) is 0 Å². The first-order valence-electron chi connectivity index (χ1n) is 12.1. The largest absolute Gasteiger partial charge is 0.355 e. The molecular formula is C28H31NO. The van der Waals surface area contributed by atoms with Gasteiger partial charge in [-0.05, 0) is 90.4 Å². The van der Waals surface area contributed by atoms with E-state index in [0.29, 0.717) is 17.2 Å². The Bertz CT molecular complexity index is 940. The van der Waals surface area contributed by atoms with Gasteiger partial charge < -0.3 is 5.32 Å². The van der Waals surface area contributed by atoms with E-state index >= 15 is 0 Å². The molecule has 4 saturated carbocycles. The Kier molecular flexibility index (Phi) is 3.64. The van der Waals surface area contributed by atoms with E-state index in [1.165, 1.54) is 60.8 Å². The van der Waals surface area contributed by atoms with Crippen LogP contribution in [0.3, 0.4) is 0 Å². The molecule has 0 unspecified atom stereocenters. The van der Waals surface area contributed by atoms with E-state index in [-0.39, 0.29) is 11.8 Å². The highest BCUT2D eigenvalue weighted by atomic mass is 16.1. The summed E-state index contributed by atoms with van der Waals surface area (Å²) < 4.78 is 0. The van der Waals surface area contributed by atoms with Crippen molar-refractivity contribution in [2.75, 3.05) is 6.54 Å². The van der Waals surface area contributed by atoms with Gasteiger partial charge in [-0.3, -0.25) is 4.79 Å². The number of nitrogens with one attached hydrogen (secondary N) is 1. The second kappa shape index (κ2) is 6.22. The van der Waals surface area contributed by atoms with Crippen LogP contribution in [0.4, 0.5) is 0 Å². The fourth-order valence-corrected chi connectivity index (χ4v) is 8.81. The van der Waals surface area contributed by atoms with Gasteiger partial charge in [0.15, 0.2) is 0 Å². The Balaban J connectivity index is 1.16. The van der Waals surface area contributed by atoms with Crippen molar-refractivity contribution in [1.82, 2.24) is 5.32 Å². The molecule has 0 heterocycles. The van der Waals surface area contributed by atoms with Crippen LogP contribution in [0.5, 0.6) is 0 Å². The molecule has 0 aromatic heterocycles. The summed E-state index contributed by atoms with van der Waals surface area (Å²) in [4.78, 5) is 13.6. The molecule has 0 aliphatic heterocycles. The van der Waals surface area contributed by atoms with Crippen molar-refractivity contribution in [3.8, 4) is 0 Å². The maximum atomic E-state index is 13.6. The lowest BCUT2D eigenvalue weighted by atomic mass is 9.49. The van der Waals surface area contributed by atoms with Crippen molar-refractivity contribution in [1.29, 1.82) is 0 Å². The molecule has 2 nitrogen and oxygen atoms in total. The van der Waals surface area contributed by atoms with E-state index in [2.05, 4.69) is 53.8 Å². The maximum Gasteiger partial charge on any atom is 0.224 e. The van der Waals surface area contributed by atoms with Crippen LogP contribution in [0.25, 0.3) is 0 Å². The summed E-state index contributed by atoms with van der Waals surface area (Å²) in [6.45, 7) is 0.923. The van der Waals surface area contributed by atoms with E-state index in [1.54, 1.807) is 0 Å². The highest BCUT2D eigenvalue weighted by Crippen LogP contribution is 2.60. The number of fused-ring (bicyclic) bond motifs is 1. The molecule has 0 saturated heterocycles. The number of rotatable bonds is 3. The fraction of sp³-hybridized carbons (Fsp3) is 0.536. The lowest BCUT2D eigenvalue weighted by molar-refractivity contribution is -0.128. The van der Waals surface area contributed by atoms with Gasteiger partial charge in [0.1, 0.15) is 0 Å². The summed E-state index contributed by atoms with van der Waals surface area (Å²) in [5, 5.41) is 3.52. The second-order valence-electron chi connectivity index (χ2n) is 11.3. The quantitative estimate of drug-likeness (QED) is 0.716. The van der Waals surface area contributed by atoms with Gasteiger partial charge in [-0.15, -0.1) is 0 Å². The van der Waals surface area contributed by atoms with Crippen molar-refractivity contribution < 1.29 is 4.79 Å². The standard InChI is InChI=1S/C28H31NO/c30-27(29-16-28-13-17-9-18(14-28)11-19(10-17)15-28)25-12-24-20-5-1-3-7-22(20)26(25)23-8-4-2-6-21(23)24/h1-8,17-19,24-26H,9-16H2,(H,29,30)/t17?,18?,19?,24?,25-,26?,28?/m1/s1. The predicted octanol–water partition coefficient (Wildman–Crippen LogP) is 5.62. The summed E-state index contributed by atoms with van der Waals surface area (Å²) in [5.41, 5.74) is 6.09. The fourth-order valence-electron chi connectivity index (χ4n) is 8.81. The van der Waals surface area contributed by atoms with E-state index in [9.17, 15) is 4.79 Å². The predicted molar refractivity (Wildman–Crippen MR) is 118 cm³/mol. The van der Waals surface area contributed by atoms with Crippen molar-refractivity contribution in [3.05, 3.63) is 70.8 Å². The van der Waals surface area contributed by atoms with Gasteiger partial charge in [0.2, 0.25) is 5.91 Å². The number of carbonyl (C=O) groups excluding carboxylic acids is 1. The zero-order valence-electron chi connectivity index (χ0n) is 17.6. The zero-order valence-corrected chi connectivity index (χ0v) is 17.6. The molecule has 30 heavy (non-hydrogen) atoms. The number of hydrogen-bond donors (Lipinski definition) is 1. The molecule has 6 bridgehead atoms. The Labute approximate surface area is 179 Å². The molecule has 4 fully saturated rings. The number of benzene rings is 2. The molecule has 0 spiro atoms. The maximum absolute atomic E-state index is 13.6. The van der Waals surface area contributed by atoms with Gasteiger partial charge >= 0.3 is 0 Å². The minimum atomic E-state index is 0.0775. The van der Waals surface area contributed by atoms with Crippen molar-refractivity contribution in [2.24, 2.45) is 29.1 Å². The van der Waals surface area contributed by atoms with Gasteiger partial charge in [0.25, 0.3) is 0 Å². The van der Waals surface area contributed by atoms with Crippen LogP contribution < -0.4 is 5.32 Å². The minimum absolute atomic E-state index is 0.0775. The molecule has 154 valence electrons. The molecule has 2 aromatic carbocycles. The number of amides is 1. The third-order valence-electron chi connectivity index (χ3n) is 9.44. The van der Waals surface area contributed by atoms with Gasteiger partial charge in [0.05, 0.1) is 0 Å². The Morgan fingerprint density at radius 2 is 1.27 bits per heavy atom. The van der Waals surface area contributed by atoms with Crippen molar-refractivity contribution >= 4 is 5.91 Å². The molecule has 0 radical (unpaired) electrons. The van der Waals surface area contributed by atoms with Gasteiger partial charge in [0, 0.05) is 24.3 Å². The van der Waals surface area contributed by atoms with Crippen molar-refractivity contribution in [3.63, 3.8) is 0 Å². The Morgan fingerprint density at radius 3 is 1.80 bits per heavy atom. The summed E-state index contributed by atoms with van der Waals surface area (Å²) >= 11 is 0. The smallest absolute Gasteiger partial charge is 0.224 e. The normalized spacial score (nSPS) is 39.5. The van der Waals surface area contributed by atoms with Crippen LogP contribution in [0, 0.1) is 29.1 Å². The second-order valence-corrected chi connectivity index (χ2v) is 11.3. The lowest BCUT2D eigenvalue weighted by Crippen LogP contribution is -2.52. The summed E-state index contributed by atoms with van der Waals surface area (Å²) in [6, 6.07) is 17.7. The monoisotopic (exact) mass is 397 g/mol. The SMILES string of the molecule is O=C(NCC12CC3CC(CC(C3)C1)C2)[C@@H]1CC2c3ccccc3C1c1ccccc12. The summed E-state index contributed by atoms with van der Waals surface area (Å²) in [6.07, 6.45) is 9.45. The molecule has 9 rings (SSSR count). The van der Waals surface area contributed by atoms with Crippen LogP contribution >= 0.6 is 0 Å². The Hall–Kier alpha value is -2.09. The van der Waals surface area contributed by atoms with Crippen molar-refractivity contribution in [2.45, 2.75) is 56.8 Å². The zero-order chi connectivity index (χ0) is 19.9. The first-order valence-corrected chi connectivity index (χ1v) is 12.1. The average molecular weight is 398 g/mol. The average Bonchev–Trinajstić information content (AvgIpc) is 2.77. The van der Waals surface area contributed by atoms with E-state index in [0.717, 1.165) is 30.7 Å². The molecule has 1 atom stereocenters. The van der Waals surface area contributed by atoms with Gasteiger partial charge in [-0.2, -0.15) is 0 Å². The van der Waals surface area contributed by atoms with Crippen LogP contribution in [0.15, 0.2) is 48.5 Å². The number of hydrogen-bond acceptors (Lipinski definition) is 1. The van der Waals surface area contributed by atoms with Gasteiger partial charge in [-0.1, -0.05) is 48.5 Å². The summed E-state index contributed by atoms with van der Waals surface area (Å²) in [5.74, 6) is 3.81. The Morgan fingerprint density at radius 1 is 0.767 bits per heavy atom. The highest BCUT2D eigenvalue weighted by Gasteiger charge is 2.51. The third-order valence-corrected chi connectivity index (χ3v) is 9.44. The number of carbonyl (C=O) groups is 1. The minimum Gasteiger partial charge on any atom is -0.355 e. The van der Waals surface area contributed by atoms with E-state index < -0.39 is 0 Å². The summed E-state index contributed by atoms with van der Waals surface area (Å²) in [7, 11) is 0. The molecule has 7 aliphatic rings. The first kappa shape index (κ1) is 17.6. The third kappa shape index (κ3) is 2.46. The van der Waals surface area contributed by atoms with E-state index in [1.807, 2.05) is 0 Å². The van der Waals surface area contributed by atoms with Gasteiger partial charge in [-0.25, -0.2) is 0 Å². The highest BCUT2D eigenvalue weighted by molar-refractivity contribution is 5.82. The lowest BCUT2D eigenvalue weighted by Gasteiger charge is -2.57. The molecule has 2 aromatic rings. The topological polar surface area (TPSA) is 29.1 Å². The molecule has 2 heteroatoms. The first-order chi connectivity index (χ1) is 14.7. The van der Waals surface area contributed by atoms with Crippen LogP contribution in [-0.2, 0) is 4.79 Å². The van der Waals surface area contributed by atoms with Crippen LogP contribution in [0.1, 0.15) is 79.0 Å². The van der Waals surface area contributed by atoms with Crippen LogP contribution in [-0.4, -0.2) is 12.5 Å². The molecular weight excluding hydrogens is 366 g/mol. The molecule has 1 amide bonds. The molecule has 1 N–H and O–H groups in total. The van der Waals surface area contributed by atoms with Crippen LogP contribution in [0.2, 0.25) is 0 Å². The molecule has 7 aliphatic carbocycles.